The van der Waals surface area contributed by atoms with Crippen LogP contribution in [0.3, 0.4) is 0 Å². The van der Waals surface area contributed by atoms with Gasteiger partial charge in [-0.2, -0.15) is 5.10 Å². The highest BCUT2D eigenvalue weighted by Gasteiger charge is 2.11. The van der Waals surface area contributed by atoms with E-state index in [0.29, 0.717) is 0 Å². The molecule has 0 amide bonds. The minimum atomic E-state index is 0.854. The third-order valence-electron chi connectivity index (χ3n) is 3.96. The van der Waals surface area contributed by atoms with Crippen molar-refractivity contribution in [1.29, 1.82) is 0 Å². The average molecular weight is 260 g/mol. The molecule has 19 heavy (non-hydrogen) atoms. The summed E-state index contributed by atoms with van der Waals surface area (Å²) in [4.78, 5) is 0. The van der Waals surface area contributed by atoms with Crippen molar-refractivity contribution in [3.63, 3.8) is 0 Å². The minimum Gasteiger partial charge on any atom is -0.378 e. The lowest BCUT2D eigenvalue weighted by molar-refractivity contribution is 0.715. The molecule has 2 rings (SSSR count). The van der Waals surface area contributed by atoms with Gasteiger partial charge in [0.15, 0.2) is 0 Å². The summed E-state index contributed by atoms with van der Waals surface area (Å²) in [7, 11) is 1.98. The van der Waals surface area contributed by atoms with Crippen molar-refractivity contribution in [3.05, 3.63) is 34.4 Å². The normalized spacial score (nSPS) is 11.1. The molecular weight excluding hydrogens is 236 g/mol. The number of anilines is 1. The van der Waals surface area contributed by atoms with Crippen LogP contribution in [0.2, 0.25) is 0 Å². The Balaban J connectivity index is 2.19. The van der Waals surface area contributed by atoms with E-state index in [0.717, 1.165) is 24.5 Å². The Hall–Kier alpha value is -1.71. The maximum Gasteiger partial charge on any atom is 0.0827 e. The van der Waals surface area contributed by atoms with Crippen LogP contribution in [0.5, 0.6) is 0 Å². The molecule has 4 heteroatoms. The molecule has 4 nitrogen and oxygen atoms in total. The number of nitrogens with zero attached hydrogens (tertiary/aromatic N) is 3. The van der Waals surface area contributed by atoms with Crippen LogP contribution in [-0.4, -0.2) is 14.3 Å². The standard InChI is InChI=1S/C15H24N4/c1-7-19-10(2)8-14(12(19)4)9-16-15-11(3)17-18(6)13(15)5/h8,16H,7,9H2,1-6H3. The van der Waals surface area contributed by atoms with Crippen molar-refractivity contribution in [1.82, 2.24) is 14.3 Å². The molecule has 0 radical (unpaired) electrons. The topological polar surface area (TPSA) is 34.8 Å². The fraction of sp³-hybridized carbons (Fsp3) is 0.533. The number of rotatable bonds is 4. The molecule has 0 saturated heterocycles. The van der Waals surface area contributed by atoms with Crippen LogP contribution >= 0.6 is 0 Å². The number of hydrogen-bond donors (Lipinski definition) is 1. The van der Waals surface area contributed by atoms with Gasteiger partial charge in [-0.25, -0.2) is 0 Å². The number of hydrogen-bond acceptors (Lipinski definition) is 2. The van der Waals surface area contributed by atoms with Gasteiger partial charge in [0.1, 0.15) is 0 Å². The first-order valence-corrected chi connectivity index (χ1v) is 6.85. The first-order chi connectivity index (χ1) is 8.95. The van der Waals surface area contributed by atoms with E-state index >= 15 is 0 Å². The highest BCUT2D eigenvalue weighted by Crippen LogP contribution is 2.21. The SMILES string of the molecule is CCn1c(C)cc(CNc2c(C)nn(C)c2C)c1C. The highest BCUT2D eigenvalue weighted by atomic mass is 15.3. The Morgan fingerprint density at radius 3 is 2.32 bits per heavy atom. The summed E-state index contributed by atoms with van der Waals surface area (Å²) in [5.74, 6) is 0. The molecular formula is C15H24N4. The first-order valence-electron chi connectivity index (χ1n) is 6.85. The zero-order valence-electron chi connectivity index (χ0n) is 12.8. The third-order valence-corrected chi connectivity index (χ3v) is 3.96. The van der Waals surface area contributed by atoms with E-state index in [-0.39, 0.29) is 0 Å². The second kappa shape index (κ2) is 5.11. The summed E-state index contributed by atoms with van der Waals surface area (Å²) in [5.41, 5.74) is 7.44. The van der Waals surface area contributed by atoms with Crippen molar-refractivity contribution in [2.45, 2.75) is 47.7 Å². The molecule has 0 saturated carbocycles. The summed E-state index contributed by atoms with van der Waals surface area (Å²) < 4.78 is 4.27. The third kappa shape index (κ3) is 2.39. The van der Waals surface area contributed by atoms with Gasteiger partial charge >= 0.3 is 0 Å². The van der Waals surface area contributed by atoms with Crippen molar-refractivity contribution >= 4 is 5.69 Å². The van der Waals surface area contributed by atoms with Crippen LogP contribution in [0, 0.1) is 27.7 Å². The molecule has 0 spiro atoms. The van der Waals surface area contributed by atoms with Gasteiger partial charge in [-0.3, -0.25) is 4.68 Å². The lowest BCUT2D eigenvalue weighted by Crippen LogP contribution is -2.04. The second-order valence-corrected chi connectivity index (χ2v) is 5.16. The summed E-state index contributed by atoms with van der Waals surface area (Å²) in [6.07, 6.45) is 0. The van der Waals surface area contributed by atoms with E-state index in [9.17, 15) is 0 Å². The van der Waals surface area contributed by atoms with Crippen molar-refractivity contribution in [2.75, 3.05) is 5.32 Å². The Labute approximate surface area is 115 Å². The average Bonchev–Trinajstić information content (AvgIpc) is 2.76. The highest BCUT2D eigenvalue weighted by molar-refractivity contribution is 5.52. The molecule has 0 aliphatic rings. The Morgan fingerprint density at radius 1 is 1.16 bits per heavy atom. The number of aromatic nitrogens is 3. The molecule has 2 aromatic heterocycles. The fourth-order valence-electron chi connectivity index (χ4n) is 2.75. The molecule has 1 N–H and O–H groups in total. The van der Waals surface area contributed by atoms with E-state index in [1.165, 1.54) is 22.6 Å². The number of aryl methyl sites for hydroxylation is 3. The predicted octanol–water partition coefficient (Wildman–Crippen LogP) is 3.09. The van der Waals surface area contributed by atoms with Gasteiger partial charge < -0.3 is 9.88 Å². The molecule has 0 atom stereocenters. The molecule has 2 heterocycles. The Kier molecular flexibility index (Phi) is 3.69. The van der Waals surface area contributed by atoms with E-state index < -0.39 is 0 Å². The smallest absolute Gasteiger partial charge is 0.0827 e. The lowest BCUT2D eigenvalue weighted by atomic mass is 10.2. The molecule has 0 aliphatic carbocycles. The maximum absolute atomic E-state index is 4.43. The van der Waals surface area contributed by atoms with E-state index in [1.807, 2.05) is 18.7 Å². The van der Waals surface area contributed by atoms with Gasteiger partial charge in [0, 0.05) is 31.5 Å². The Morgan fingerprint density at radius 2 is 1.84 bits per heavy atom. The molecule has 0 unspecified atom stereocenters. The summed E-state index contributed by atoms with van der Waals surface area (Å²) in [5, 5.41) is 7.96. The summed E-state index contributed by atoms with van der Waals surface area (Å²) in [6, 6.07) is 2.27. The van der Waals surface area contributed by atoms with Gasteiger partial charge in [0.25, 0.3) is 0 Å². The van der Waals surface area contributed by atoms with Crippen LogP contribution in [0.25, 0.3) is 0 Å². The molecule has 0 bridgehead atoms. The van der Waals surface area contributed by atoms with Crippen LogP contribution in [-0.2, 0) is 20.1 Å². The number of nitrogens with one attached hydrogen (secondary N) is 1. The van der Waals surface area contributed by atoms with E-state index in [4.69, 9.17) is 0 Å². The van der Waals surface area contributed by atoms with E-state index in [1.54, 1.807) is 0 Å². The van der Waals surface area contributed by atoms with Crippen LogP contribution < -0.4 is 5.32 Å². The quantitative estimate of drug-likeness (QED) is 0.916. The van der Waals surface area contributed by atoms with Gasteiger partial charge in [-0.05, 0) is 46.2 Å². The van der Waals surface area contributed by atoms with Gasteiger partial charge in [-0.15, -0.1) is 0 Å². The van der Waals surface area contributed by atoms with Gasteiger partial charge in [-0.1, -0.05) is 0 Å². The lowest BCUT2D eigenvalue weighted by Gasteiger charge is -2.08. The molecule has 0 aliphatic heterocycles. The van der Waals surface area contributed by atoms with E-state index in [2.05, 4.69) is 48.7 Å². The van der Waals surface area contributed by atoms with Crippen molar-refractivity contribution in [2.24, 2.45) is 7.05 Å². The zero-order chi connectivity index (χ0) is 14.2. The zero-order valence-corrected chi connectivity index (χ0v) is 12.8. The van der Waals surface area contributed by atoms with Gasteiger partial charge in [0.2, 0.25) is 0 Å². The van der Waals surface area contributed by atoms with Crippen molar-refractivity contribution in [3.8, 4) is 0 Å². The summed E-state index contributed by atoms with van der Waals surface area (Å²) >= 11 is 0. The van der Waals surface area contributed by atoms with Gasteiger partial charge in [0.05, 0.1) is 17.1 Å². The predicted molar refractivity (Wildman–Crippen MR) is 79.6 cm³/mol. The molecule has 2 aromatic rings. The monoisotopic (exact) mass is 260 g/mol. The molecule has 0 fully saturated rings. The first kappa shape index (κ1) is 13.7. The van der Waals surface area contributed by atoms with Crippen LogP contribution in [0.4, 0.5) is 5.69 Å². The van der Waals surface area contributed by atoms with Crippen LogP contribution in [0.1, 0.15) is 35.3 Å². The summed E-state index contributed by atoms with van der Waals surface area (Å²) in [6.45, 7) is 12.6. The Bertz CT molecular complexity index is 590. The van der Waals surface area contributed by atoms with Crippen molar-refractivity contribution < 1.29 is 0 Å². The second-order valence-electron chi connectivity index (χ2n) is 5.16. The van der Waals surface area contributed by atoms with Crippen LogP contribution in [0.15, 0.2) is 6.07 Å². The minimum absolute atomic E-state index is 0.854. The maximum atomic E-state index is 4.43. The molecule has 0 aromatic carbocycles. The molecule has 104 valence electrons. The fourth-order valence-corrected chi connectivity index (χ4v) is 2.75. The largest absolute Gasteiger partial charge is 0.378 e.